The third kappa shape index (κ3) is 2.92. The number of aldehydes is 1. The van der Waals surface area contributed by atoms with Crippen LogP contribution in [0.5, 0.6) is 0 Å². The summed E-state index contributed by atoms with van der Waals surface area (Å²) in [5.74, 6) is -3.28. The molecule has 2 aliphatic rings. The molecule has 160 valence electrons. The van der Waals surface area contributed by atoms with Gasteiger partial charge in [0, 0.05) is 11.3 Å². The first-order valence-corrected chi connectivity index (χ1v) is 10.4. The van der Waals surface area contributed by atoms with Crippen LogP contribution in [0.25, 0.3) is 10.8 Å². The standard InChI is InChI=1S/C22H14N2O7S/c25-8-15(26)23-19-18(22(29)30)13-7-16(31-9-14(13)32-19)24-20(27)12-6-5-10-3-1-2-4-11(10)17(12)21(24)28/h1-6,8,16H,7,9H2,(H,23,26)(H,29,30). The molecule has 0 spiro atoms. The Morgan fingerprint density at radius 3 is 2.69 bits per heavy atom. The minimum Gasteiger partial charge on any atom is -0.478 e. The number of hydrogen-bond donors (Lipinski definition) is 2. The smallest absolute Gasteiger partial charge is 0.339 e. The maximum Gasteiger partial charge on any atom is 0.339 e. The van der Waals surface area contributed by atoms with Crippen molar-refractivity contribution in [1.29, 1.82) is 0 Å². The first-order chi connectivity index (χ1) is 15.4. The average molecular weight is 450 g/mol. The van der Waals surface area contributed by atoms with Gasteiger partial charge in [0.2, 0.25) is 6.29 Å². The summed E-state index contributed by atoms with van der Waals surface area (Å²) in [6.07, 6.45) is -1.00. The van der Waals surface area contributed by atoms with Gasteiger partial charge in [-0.3, -0.25) is 19.2 Å². The summed E-state index contributed by atoms with van der Waals surface area (Å²) in [7, 11) is 0. The van der Waals surface area contributed by atoms with E-state index in [9.17, 15) is 29.1 Å². The Morgan fingerprint density at radius 2 is 1.94 bits per heavy atom. The lowest BCUT2D eigenvalue weighted by molar-refractivity contribution is -0.127. The van der Waals surface area contributed by atoms with Crippen LogP contribution in [-0.2, 0) is 27.4 Å². The van der Waals surface area contributed by atoms with E-state index in [2.05, 4.69) is 5.32 Å². The van der Waals surface area contributed by atoms with Gasteiger partial charge in [-0.1, -0.05) is 30.3 Å². The molecule has 0 radical (unpaired) electrons. The topological polar surface area (TPSA) is 130 Å². The SMILES string of the molecule is O=CC(=O)Nc1sc2c(c1C(=O)O)CC(N1C(=O)c3ccc4ccccc4c3C1=O)OC2. The number of rotatable bonds is 4. The minimum atomic E-state index is -1.29. The first kappa shape index (κ1) is 20.0. The number of amides is 3. The molecular formula is C22H14N2O7S. The number of carboxylic acid groups (broad SMARTS) is 1. The van der Waals surface area contributed by atoms with E-state index in [0.29, 0.717) is 21.4 Å². The van der Waals surface area contributed by atoms with Crippen molar-refractivity contribution in [2.45, 2.75) is 19.3 Å². The molecule has 2 aromatic carbocycles. The summed E-state index contributed by atoms with van der Waals surface area (Å²) in [5, 5.41) is 13.4. The van der Waals surface area contributed by atoms with E-state index in [-0.39, 0.29) is 35.4 Å². The maximum absolute atomic E-state index is 13.3. The molecule has 1 atom stereocenters. The Hall–Kier alpha value is -3.89. The Labute approximate surface area is 184 Å². The van der Waals surface area contributed by atoms with E-state index in [0.717, 1.165) is 21.6 Å². The number of nitrogens with one attached hydrogen (secondary N) is 1. The van der Waals surface area contributed by atoms with Gasteiger partial charge >= 0.3 is 5.97 Å². The zero-order valence-electron chi connectivity index (χ0n) is 16.3. The minimum absolute atomic E-state index is 0.0113. The second-order valence-corrected chi connectivity index (χ2v) is 8.38. The van der Waals surface area contributed by atoms with Crippen molar-refractivity contribution in [2.75, 3.05) is 5.32 Å². The van der Waals surface area contributed by atoms with Crippen molar-refractivity contribution < 1.29 is 33.8 Å². The van der Waals surface area contributed by atoms with Crippen molar-refractivity contribution in [3.8, 4) is 0 Å². The van der Waals surface area contributed by atoms with Gasteiger partial charge in [0.15, 0.2) is 0 Å². The van der Waals surface area contributed by atoms with Crippen LogP contribution in [0.15, 0.2) is 36.4 Å². The van der Waals surface area contributed by atoms with E-state index < -0.39 is 29.9 Å². The second-order valence-electron chi connectivity index (χ2n) is 7.28. The highest BCUT2D eigenvalue weighted by atomic mass is 32.1. The van der Waals surface area contributed by atoms with Crippen LogP contribution in [0.1, 0.15) is 41.5 Å². The Kier molecular flexibility index (Phi) is 4.61. The molecule has 2 N–H and O–H groups in total. The number of nitrogens with zero attached hydrogens (tertiary/aromatic N) is 1. The van der Waals surface area contributed by atoms with Crippen LogP contribution in [0, 0.1) is 0 Å². The van der Waals surface area contributed by atoms with E-state index >= 15 is 0 Å². The number of anilines is 1. The van der Waals surface area contributed by atoms with Gasteiger partial charge in [0.25, 0.3) is 17.7 Å². The molecule has 3 aromatic rings. The van der Waals surface area contributed by atoms with Crippen LogP contribution in [-0.4, -0.2) is 46.2 Å². The molecular weight excluding hydrogens is 436 g/mol. The lowest BCUT2D eigenvalue weighted by Crippen LogP contribution is -2.44. The van der Waals surface area contributed by atoms with E-state index in [4.69, 9.17) is 4.74 Å². The molecule has 5 rings (SSSR count). The highest BCUT2D eigenvalue weighted by Crippen LogP contribution is 2.40. The summed E-state index contributed by atoms with van der Waals surface area (Å²) < 4.78 is 5.77. The van der Waals surface area contributed by atoms with Gasteiger partial charge in [-0.05, 0) is 22.4 Å². The largest absolute Gasteiger partial charge is 0.478 e. The molecule has 2 aliphatic heterocycles. The van der Waals surface area contributed by atoms with Gasteiger partial charge < -0.3 is 15.2 Å². The quantitative estimate of drug-likeness (QED) is 0.355. The number of carbonyl (C=O) groups excluding carboxylic acids is 4. The summed E-state index contributed by atoms with van der Waals surface area (Å²) >= 11 is 0.984. The predicted octanol–water partition coefficient (Wildman–Crippen LogP) is 2.43. The highest BCUT2D eigenvalue weighted by molar-refractivity contribution is 7.17. The molecule has 9 nitrogen and oxygen atoms in total. The summed E-state index contributed by atoms with van der Waals surface area (Å²) in [5.41, 5.74) is 0.757. The van der Waals surface area contributed by atoms with E-state index in [1.807, 2.05) is 12.1 Å². The zero-order chi connectivity index (χ0) is 22.6. The van der Waals surface area contributed by atoms with Crippen LogP contribution in [0.3, 0.4) is 0 Å². The van der Waals surface area contributed by atoms with Crippen LogP contribution < -0.4 is 5.32 Å². The molecule has 1 unspecified atom stereocenters. The first-order valence-electron chi connectivity index (χ1n) is 9.56. The van der Waals surface area contributed by atoms with Crippen LogP contribution >= 0.6 is 11.3 Å². The van der Waals surface area contributed by atoms with Gasteiger partial charge in [0.05, 0.1) is 23.3 Å². The number of imide groups is 1. The Balaban J connectivity index is 1.52. The molecule has 0 saturated carbocycles. The molecule has 0 fully saturated rings. The number of fused-ring (bicyclic) bond motifs is 4. The van der Waals surface area contributed by atoms with Gasteiger partial charge in [-0.15, -0.1) is 11.3 Å². The number of ether oxygens (including phenoxy) is 1. The van der Waals surface area contributed by atoms with Gasteiger partial charge in [-0.2, -0.15) is 0 Å². The van der Waals surface area contributed by atoms with Gasteiger partial charge in [0.1, 0.15) is 11.2 Å². The molecule has 3 heterocycles. The highest BCUT2D eigenvalue weighted by Gasteiger charge is 2.44. The average Bonchev–Trinajstić information content (AvgIpc) is 3.27. The summed E-state index contributed by atoms with van der Waals surface area (Å²) in [6.45, 7) is -0.0456. The number of carboxylic acids is 1. The fourth-order valence-corrected chi connectivity index (χ4v) is 5.30. The molecule has 0 aliphatic carbocycles. The Bertz CT molecular complexity index is 1360. The fraction of sp³-hybridized carbons (Fsp3) is 0.136. The zero-order valence-corrected chi connectivity index (χ0v) is 17.1. The third-order valence-electron chi connectivity index (χ3n) is 5.53. The lowest BCUT2D eigenvalue weighted by Gasteiger charge is -2.29. The number of carbonyl (C=O) groups is 5. The van der Waals surface area contributed by atoms with Crippen molar-refractivity contribution in [3.63, 3.8) is 0 Å². The number of benzene rings is 2. The van der Waals surface area contributed by atoms with Crippen molar-refractivity contribution in [2.24, 2.45) is 0 Å². The fourth-order valence-electron chi connectivity index (χ4n) is 4.16. The monoisotopic (exact) mass is 450 g/mol. The summed E-state index contributed by atoms with van der Waals surface area (Å²) in [4.78, 5) is 61.9. The lowest BCUT2D eigenvalue weighted by atomic mass is 10.0. The van der Waals surface area contributed by atoms with Crippen molar-refractivity contribution in [1.82, 2.24) is 4.90 Å². The Morgan fingerprint density at radius 1 is 1.16 bits per heavy atom. The van der Waals surface area contributed by atoms with Gasteiger partial charge in [-0.25, -0.2) is 9.69 Å². The van der Waals surface area contributed by atoms with Crippen LogP contribution in [0.2, 0.25) is 0 Å². The third-order valence-corrected chi connectivity index (χ3v) is 6.65. The van der Waals surface area contributed by atoms with Crippen molar-refractivity contribution >= 4 is 57.1 Å². The maximum atomic E-state index is 13.3. The molecule has 3 amide bonds. The summed E-state index contributed by atoms with van der Waals surface area (Å²) in [6, 6.07) is 10.6. The van der Waals surface area contributed by atoms with E-state index in [1.54, 1.807) is 24.3 Å². The molecule has 0 bridgehead atoms. The molecule has 10 heteroatoms. The molecule has 32 heavy (non-hydrogen) atoms. The predicted molar refractivity (Wildman–Crippen MR) is 113 cm³/mol. The second kappa shape index (κ2) is 7.36. The number of aromatic carboxylic acids is 1. The normalized spacial score (nSPS) is 17.2. The molecule has 0 saturated heterocycles. The number of hydrogen-bond acceptors (Lipinski definition) is 7. The number of thiophene rings is 1. The van der Waals surface area contributed by atoms with Crippen LogP contribution in [0.4, 0.5) is 5.00 Å². The van der Waals surface area contributed by atoms with E-state index in [1.165, 1.54) is 0 Å². The van der Waals surface area contributed by atoms with Crippen molar-refractivity contribution in [3.05, 3.63) is 63.5 Å². The molecule has 1 aromatic heterocycles.